The lowest BCUT2D eigenvalue weighted by molar-refractivity contribution is 0.0469. The number of benzene rings is 2. The van der Waals surface area contributed by atoms with Crippen LogP contribution in [0.4, 0.5) is 10.5 Å². The summed E-state index contributed by atoms with van der Waals surface area (Å²) in [5.74, 6) is 2.15. The van der Waals surface area contributed by atoms with Crippen molar-refractivity contribution in [3.05, 3.63) is 59.1 Å². The Morgan fingerprint density at radius 3 is 2.22 bits per heavy atom. The summed E-state index contributed by atoms with van der Waals surface area (Å²) in [4.78, 5) is 17.5. The van der Waals surface area contributed by atoms with Crippen molar-refractivity contribution in [2.24, 2.45) is 5.92 Å². The van der Waals surface area contributed by atoms with Crippen LogP contribution in [0, 0.1) is 5.92 Å². The van der Waals surface area contributed by atoms with Gasteiger partial charge in [0.15, 0.2) is 0 Å². The van der Waals surface area contributed by atoms with Gasteiger partial charge in [-0.05, 0) is 105 Å². The molecule has 0 aliphatic carbocycles. The van der Waals surface area contributed by atoms with Crippen LogP contribution in [0.15, 0.2) is 48.5 Å². The van der Waals surface area contributed by atoms with Gasteiger partial charge in [-0.3, -0.25) is 4.90 Å². The number of hydrogen-bond acceptors (Lipinski definition) is 3. The number of fused-ring (bicyclic) bond motifs is 2. The van der Waals surface area contributed by atoms with Crippen LogP contribution >= 0.6 is 11.6 Å². The molecule has 36 heavy (non-hydrogen) atoms. The van der Waals surface area contributed by atoms with Gasteiger partial charge in [0.1, 0.15) is 11.9 Å². The van der Waals surface area contributed by atoms with Crippen molar-refractivity contribution in [2.75, 3.05) is 25.0 Å². The van der Waals surface area contributed by atoms with Gasteiger partial charge >= 0.3 is 6.03 Å². The number of ether oxygens (including phenoxy) is 1. The number of carbonyl (C=O) groups excluding carboxylic acids is 1. The standard InChI is InChI=1S/C30H40ClN3O2/c1-21(2)13-18-34-26-9-10-27(34)20-29(19-26)36-28-11-7-25(8-12-28)32-30(35)33-16-14-23(15-17-33)22-3-5-24(31)6-4-22/h3-8,11-12,21,23,26-27,29H,9-10,13-20H2,1-2H3,(H,32,35)/t26-,27+,29?. The lowest BCUT2D eigenvalue weighted by Gasteiger charge is -2.39. The Kier molecular flexibility index (Phi) is 8.07. The van der Waals surface area contributed by atoms with E-state index >= 15 is 0 Å². The smallest absolute Gasteiger partial charge is 0.321 e. The predicted octanol–water partition coefficient (Wildman–Crippen LogP) is 7.17. The van der Waals surface area contributed by atoms with Crippen molar-refractivity contribution in [2.45, 2.75) is 82.9 Å². The van der Waals surface area contributed by atoms with Gasteiger partial charge in [0, 0.05) is 35.9 Å². The van der Waals surface area contributed by atoms with Gasteiger partial charge in [-0.1, -0.05) is 37.6 Å². The Labute approximate surface area is 221 Å². The van der Waals surface area contributed by atoms with E-state index in [0.717, 1.165) is 61.2 Å². The summed E-state index contributed by atoms with van der Waals surface area (Å²) in [5, 5.41) is 3.83. The van der Waals surface area contributed by atoms with Crippen LogP contribution < -0.4 is 10.1 Å². The molecule has 194 valence electrons. The third kappa shape index (κ3) is 6.18. The van der Waals surface area contributed by atoms with Crippen LogP contribution in [0.25, 0.3) is 0 Å². The van der Waals surface area contributed by atoms with Gasteiger partial charge in [0.05, 0.1) is 0 Å². The molecular formula is C30H40ClN3O2. The van der Waals surface area contributed by atoms with E-state index in [4.69, 9.17) is 16.3 Å². The third-order valence-electron chi connectivity index (χ3n) is 8.34. The first-order valence-electron chi connectivity index (χ1n) is 13.8. The highest BCUT2D eigenvalue weighted by atomic mass is 35.5. The molecule has 3 aliphatic heterocycles. The zero-order valence-electron chi connectivity index (χ0n) is 21.7. The molecule has 0 saturated carbocycles. The predicted molar refractivity (Wildman–Crippen MR) is 147 cm³/mol. The molecule has 2 aromatic carbocycles. The van der Waals surface area contributed by atoms with Crippen LogP contribution in [0.2, 0.25) is 5.02 Å². The number of nitrogens with one attached hydrogen (secondary N) is 1. The summed E-state index contributed by atoms with van der Waals surface area (Å²) >= 11 is 6.02. The average molecular weight is 510 g/mol. The normalized spacial score (nSPS) is 24.8. The number of amides is 2. The Hall–Kier alpha value is -2.24. The molecule has 3 saturated heterocycles. The first kappa shape index (κ1) is 25.4. The minimum atomic E-state index is -0.0245. The van der Waals surface area contributed by atoms with Crippen molar-refractivity contribution in [1.82, 2.24) is 9.80 Å². The molecule has 3 aliphatic rings. The molecule has 3 atom stereocenters. The molecular weight excluding hydrogens is 470 g/mol. The van der Waals surface area contributed by atoms with E-state index in [1.165, 1.54) is 31.4 Å². The maximum absolute atomic E-state index is 12.8. The lowest BCUT2D eigenvalue weighted by atomic mass is 9.89. The van der Waals surface area contributed by atoms with E-state index in [0.29, 0.717) is 24.1 Å². The largest absolute Gasteiger partial charge is 0.490 e. The van der Waals surface area contributed by atoms with Crippen molar-refractivity contribution < 1.29 is 9.53 Å². The van der Waals surface area contributed by atoms with Gasteiger partial charge in [0.25, 0.3) is 0 Å². The van der Waals surface area contributed by atoms with E-state index in [-0.39, 0.29) is 6.03 Å². The fourth-order valence-electron chi connectivity index (χ4n) is 6.26. The zero-order chi connectivity index (χ0) is 25.1. The van der Waals surface area contributed by atoms with Crippen LogP contribution in [-0.4, -0.2) is 53.7 Å². The van der Waals surface area contributed by atoms with Gasteiger partial charge < -0.3 is 15.0 Å². The van der Waals surface area contributed by atoms with Gasteiger partial charge in [-0.2, -0.15) is 0 Å². The number of carbonyl (C=O) groups is 1. The first-order valence-corrected chi connectivity index (χ1v) is 14.2. The highest BCUT2D eigenvalue weighted by molar-refractivity contribution is 6.30. The quantitative estimate of drug-likeness (QED) is 0.430. The topological polar surface area (TPSA) is 44.8 Å². The molecule has 3 fully saturated rings. The molecule has 5 rings (SSSR count). The maximum atomic E-state index is 12.8. The summed E-state index contributed by atoms with van der Waals surface area (Å²) < 4.78 is 6.39. The SMILES string of the molecule is CC(C)CCN1[C@@H]2CC[C@H]1CC(Oc1ccc(NC(=O)N3CCC(c4ccc(Cl)cc4)CC3)cc1)C2. The van der Waals surface area contributed by atoms with Crippen LogP contribution in [0.3, 0.4) is 0 Å². The van der Waals surface area contributed by atoms with Crippen molar-refractivity contribution in [3.63, 3.8) is 0 Å². The average Bonchev–Trinajstić information content (AvgIpc) is 3.12. The summed E-state index contributed by atoms with van der Waals surface area (Å²) in [6, 6.07) is 17.3. The summed E-state index contributed by atoms with van der Waals surface area (Å²) in [5.41, 5.74) is 2.13. The minimum absolute atomic E-state index is 0.0245. The number of hydrogen-bond donors (Lipinski definition) is 1. The fraction of sp³-hybridized carbons (Fsp3) is 0.567. The van der Waals surface area contributed by atoms with E-state index in [9.17, 15) is 4.79 Å². The number of halogens is 1. The molecule has 5 nitrogen and oxygen atoms in total. The molecule has 1 N–H and O–H groups in total. The molecule has 3 heterocycles. The lowest BCUT2D eigenvalue weighted by Crippen LogP contribution is -2.46. The second kappa shape index (κ2) is 11.4. The number of anilines is 1. The molecule has 2 aromatic rings. The summed E-state index contributed by atoms with van der Waals surface area (Å²) in [7, 11) is 0. The third-order valence-corrected chi connectivity index (χ3v) is 8.59. The highest BCUT2D eigenvalue weighted by Crippen LogP contribution is 2.38. The van der Waals surface area contributed by atoms with Crippen LogP contribution in [-0.2, 0) is 0 Å². The van der Waals surface area contributed by atoms with Gasteiger partial charge in [0.2, 0.25) is 0 Å². The zero-order valence-corrected chi connectivity index (χ0v) is 22.4. The molecule has 6 heteroatoms. The molecule has 0 spiro atoms. The van der Waals surface area contributed by atoms with E-state index in [1.807, 2.05) is 41.3 Å². The molecule has 2 bridgehead atoms. The Bertz CT molecular complexity index is 988. The van der Waals surface area contributed by atoms with E-state index in [1.54, 1.807) is 0 Å². The molecule has 0 aromatic heterocycles. The van der Waals surface area contributed by atoms with Crippen LogP contribution in [0.5, 0.6) is 5.75 Å². The van der Waals surface area contributed by atoms with Gasteiger partial charge in [-0.15, -0.1) is 0 Å². The number of urea groups is 1. The Balaban J connectivity index is 1.08. The number of likely N-dealkylation sites (tertiary alicyclic amines) is 1. The summed E-state index contributed by atoms with van der Waals surface area (Å²) in [6.45, 7) is 7.38. The molecule has 0 radical (unpaired) electrons. The maximum Gasteiger partial charge on any atom is 0.321 e. The van der Waals surface area contributed by atoms with Crippen LogP contribution in [0.1, 0.15) is 70.3 Å². The molecule has 1 unspecified atom stereocenters. The second-order valence-electron chi connectivity index (χ2n) is 11.3. The Morgan fingerprint density at radius 2 is 1.61 bits per heavy atom. The van der Waals surface area contributed by atoms with Crippen molar-refractivity contribution in [1.29, 1.82) is 0 Å². The Morgan fingerprint density at radius 1 is 0.972 bits per heavy atom. The minimum Gasteiger partial charge on any atom is -0.490 e. The summed E-state index contributed by atoms with van der Waals surface area (Å²) in [6.07, 6.45) is 8.39. The number of nitrogens with zero attached hydrogens (tertiary/aromatic N) is 2. The highest BCUT2D eigenvalue weighted by Gasteiger charge is 2.41. The second-order valence-corrected chi connectivity index (χ2v) is 11.7. The number of rotatable bonds is 7. The van der Waals surface area contributed by atoms with E-state index in [2.05, 4.69) is 36.2 Å². The van der Waals surface area contributed by atoms with E-state index < -0.39 is 0 Å². The first-order chi connectivity index (χ1) is 17.4. The molecule has 2 amide bonds. The van der Waals surface area contributed by atoms with Gasteiger partial charge in [-0.25, -0.2) is 4.79 Å². The van der Waals surface area contributed by atoms with Crippen molar-refractivity contribution in [3.8, 4) is 5.75 Å². The van der Waals surface area contributed by atoms with Crippen molar-refractivity contribution >= 4 is 23.3 Å². The fourth-order valence-corrected chi connectivity index (χ4v) is 6.38. The number of piperidine rings is 2. The monoisotopic (exact) mass is 509 g/mol.